The number of nitrogens with one attached hydrogen (secondary N) is 1. The fourth-order valence-corrected chi connectivity index (χ4v) is 2.65. The highest BCUT2D eigenvalue weighted by Gasteiger charge is 2.18. The Bertz CT molecular complexity index is 562. The van der Waals surface area contributed by atoms with Gasteiger partial charge in [0.05, 0.1) is 0 Å². The highest BCUT2D eigenvalue weighted by Crippen LogP contribution is 2.16. The maximum Gasteiger partial charge on any atom is 0.255 e. The van der Waals surface area contributed by atoms with E-state index >= 15 is 0 Å². The minimum atomic E-state index is 0.428. The van der Waals surface area contributed by atoms with Crippen LogP contribution in [0.3, 0.4) is 0 Å². The lowest BCUT2D eigenvalue weighted by Crippen LogP contribution is -2.35. The molecule has 0 spiro atoms. The predicted octanol–water partition coefficient (Wildman–Crippen LogP) is 1.67. The molecule has 1 aliphatic heterocycles. The van der Waals surface area contributed by atoms with Crippen molar-refractivity contribution in [1.29, 1.82) is 0 Å². The van der Waals surface area contributed by atoms with Crippen molar-refractivity contribution >= 4 is 23.2 Å². The predicted molar refractivity (Wildman–Crippen MR) is 74.6 cm³/mol. The third-order valence-corrected chi connectivity index (χ3v) is 3.76. The van der Waals surface area contributed by atoms with Gasteiger partial charge in [-0.05, 0) is 32.9 Å². The second kappa shape index (κ2) is 5.30. The third kappa shape index (κ3) is 2.64. The van der Waals surface area contributed by atoms with Crippen LogP contribution >= 0.6 is 11.6 Å². The minimum Gasteiger partial charge on any atom is -0.368 e. The van der Waals surface area contributed by atoms with Crippen LogP contribution in [0.15, 0.2) is 12.4 Å². The maximum absolute atomic E-state index is 5.98. The Morgan fingerprint density at radius 1 is 1.42 bits per heavy atom. The van der Waals surface area contributed by atoms with Gasteiger partial charge in [0.25, 0.3) is 5.78 Å². The van der Waals surface area contributed by atoms with Crippen LogP contribution in [0, 0.1) is 0 Å². The SMILES string of the molecule is CC(CNc1cc(Cl)nc2ncnn12)N1CCCC1. The molecular formula is C12H17ClN6. The molecule has 2 aromatic rings. The molecule has 1 fully saturated rings. The summed E-state index contributed by atoms with van der Waals surface area (Å²) in [6.45, 7) is 5.48. The van der Waals surface area contributed by atoms with Crippen molar-refractivity contribution in [2.75, 3.05) is 25.0 Å². The van der Waals surface area contributed by atoms with E-state index in [4.69, 9.17) is 11.6 Å². The molecule has 0 saturated carbocycles. The van der Waals surface area contributed by atoms with Crippen LogP contribution in [-0.2, 0) is 0 Å². The van der Waals surface area contributed by atoms with Gasteiger partial charge in [-0.3, -0.25) is 4.90 Å². The van der Waals surface area contributed by atoms with Crippen molar-refractivity contribution in [2.24, 2.45) is 0 Å². The Hall–Kier alpha value is -1.40. The van der Waals surface area contributed by atoms with Crippen LogP contribution in [0.2, 0.25) is 5.15 Å². The van der Waals surface area contributed by atoms with Crippen molar-refractivity contribution < 1.29 is 0 Å². The number of hydrogen-bond donors (Lipinski definition) is 1. The number of nitrogens with zero attached hydrogens (tertiary/aromatic N) is 5. The summed E-state index contributed by atoms with van der Waals surface area (Å²) in [6, 6.07) is 2.27. The van der Waals surface area contributed by atoms with Crippen molar-refractivity contribution in [3.05, 3.63) is 17.5 Å². The molecule has 1 atom stereocenters. The fourth-order valence-electron chi connectivity index (χ4n) is 2.47. The first-order chi connectivity index (χ1) is 9.24. The zero-order chi connectivity index (χ0) is 13.2. The molecule has 7 heteroatoms. The van der Waals surface area contributed by atoms with Gasteiger partial charge in [-0.25, -0.2) is 0 Å². The van der Waals surface area contributed by atoms with Gasteiger partial charge in [0.15, 0.2) is 0 Å². The molecule has 1 unspecified atom stereocenters. The molecule has 2 aromatic heterocycles. The number of halogens is 1. The smallest absolute Gasteiger partial charge is 0.255 e. The Morgan fingerprint density at radius 2 is 2.21 bits per heavy atom. The van der Waals surface area contributed by atoms with E-state index in [-0.39, 0.29) is 0 Å². The van der Waals surface area contributed by atoms with E-state index in [0.717, 1.165) is 12.4 Å². The zero-order valence-corrected chi connectivity index (χ0v) is 11.6. The second-order valence-corrected chi connectivity index (χ2v) is 5.30. The van der Waals surface area contributed by atoms with Gasteiger partial charge in [0.1, 0.15) is 17.3 Å². The summed E-state index contributed by atoms with van der Waals surface area (Å²) in [5, 5.41) is 7.96. The number of hydrogen-bond acceptors (Lipinski definition) is 5. The number of likely N-dealkylation sites (tertiary alicyclic amines) is 1. The summed E-state index contributed by atoms with van der Waals surface area (Å²) >= 11 is 5.98. The van der Waals surface area contributed by atoms with E-state index in [1.807, 2.05) is 0 Å². The molecule has 0 amide bonds. The standard InChI is InChI=1S/C12H17ClN6/c1-9(18-4-2-3-5-18)7-14-11-6-10(13)17-12-15-8-16-19(11)12/h6,8-9,14H,2-5,7H2,1H3. The molecule has 6 nitrogen and oxygen atoms in total. The Labute approximate surface area is 116 Å². The highest BCUT2D eigenvalue weighted by atomic mass is 35.5. The molecular weight excluding hydrogens is 264 g/mol. The van der Waals surface area contributed by atoms with Crippen LogP contribution in [0.5, 0.6) is 0 Å². The quantitative estimate of drug-likeness (QED) is 0.864. The van der Waals surface area contributed by atoms with Crippen molar-refractivity contribution in [3.63, 3.8) is 0 Å². The average molecular weight is 281 g/mol. The summed E-state index contributed by atoms with van der Waals surface area (Å²) in [5.41, 5.74) is 0. The molecule has 0 aromatic carbocycles. The van der Waals surface area contributed by atoms with E-state index in [9.17, 15) is 0 Å². The van der Waals surface area contributed by atoms with Gasteiger partial charge in [-0.2, -0.15) is 19.6 Å². The first-order valence-corrected chi connectivity index (χ1v) is 6.96. The molecule has 0 aliphatic carbocycles. The molecule has 1 aliphatic rings. The lowest BCUT2D eigenvalue weighted by molar-refractivity contribution is 0.269. The van der Waals surface area contributed by atoms with E-state index in [0.29, 0.717) is 17.0 Å². The maximum atomic E-state index is 5.98. The van der Waals surface area contributed by atoms with Crippen molar-refractivity contribution in [3.8, 4) is 0 Å². The lowest BCUT2D eigenvalue weighted by Gasteiger charge is -2.24. The average Bonchev–Trinajstić information content (AvgIpc) is 3.05. The van der Waals surface area contributed by atoms with Gasteiger partial charge in [0.2, 0.25) is 0 Å². The summed E-state index contributed by atoms with van der Waals surface area (Å²) in [6.07, 6.45) is 4.09. The molecule has 3 heterocycles. The third-order valence-electron chi connectivity index (χ3n) is 3.56. The molecule has 0 radical (unpaired) electrons. The monoisotopic (exact) mass is 280 g/mol. The molecule has 102 valence electrons. The Kier molecular flexibility index (Phi) is 3.52. The van der Waals surface area contributed by atoms with E-state index in [2.05, 4.69) is 32.2 Å². The van der Waals surface area contributed by atoms with Gasteiger partial charge >= 0.3 is 0 Å². The fraction of sp³-hybridized carbons (Fsp3) is 0.583. The van der Waals surface area contributed by atoms with E-state index in [1.165, 1.54) is 32.3 Å². The van der Waals surface area contributed by atoms with Gasteiger partial charge < -0.3 is 5.32 Å². The summed E-state index contributed by atoms with van der Waals surface area (Å²) in [5.74, 6) is 1.35. The largest absolute Gasteiger partial charge is 0.368 e. The molecule has 1 saturated heterocycles. The van der Waals surface area contributed by atoms with Gasteiger partial charge in [0, 0.05) is 18.7 Å². The lowest BCUT2D eigenvalue weighted by atomic mass is 10.3. The highest BCUT2D eigenvalue weighted by molar-refractivity contribution is 6.29. The second-order valence-electron chi connectivity index (χ2n) is 4.91. The van der Waals surface area contributed by atoms with Gasteiger partial charge in [-0.1, -0.05) is 11.6 Å². The minimum absolute atomic E-state index is 0.428. The number of anilines is 1. The van der Waals surface area contributed by atoms with Crippen LogP contribution in [0.25, 0.3) is 5.78 Å². The normalized spacial score (nSPS) is 18.0. The Morgan fingerprint density at radius 3 is 3.00 bits per heavy atom. The van der Waals surface area contributed by atoms with Crippen LogP contribution in [0.4, 0.5) is 5.82 Å². The Balaban J connectivity index is 1.72. The zero-order valence-electron chi connectivity index (χ0n) is 10.9. The van der Waals surface area contributed by atoms with E-state index in [1.54, 1.807) is 10.6 Å². The first-order valence-electron chi connectivity index (χ1n) is 6.58. The summed E-state index contributed by atoms with van der Waals surface area (Å²) in [4.78, 5) is 10.7. The first kappa shape index (κ1) is 12.6. The van der Waals surface area contributed by atoms with Crippen molar-refractivity contribution in [2.45, 2.75) is 25.8 Å². The van der Waals surface area contributed by atoms with Crippen LogP contribution in [0.1, 0.15) is 19.8 Å². The molecule has 0 bridgehead atoms. The number of aromatic nitrogens is 4. The molecule has 1 N–H and O–H groups in total. The molecule has 3 rings (SSSR count). The van der Waals surface area contributed by atoms with Crippen LogP contribution < -0.4 is 5.32 Å². The number of rotatable bonds is 4. The summed E-state index contributed by atoms with van der Waals surface area (Å²) < 4.78 is 1.67. The molecule has 19 heavy (non-hydrogen) atoms. The van der Waals surface area contributed by atoms with Gasteiger partial charge in [-0.15, -0.1) is 0 Å². The topological polar surface area (TPSA) is 58.4 Å². The van der Waals surface area contributed by atoms with Crippen LogP contribution in [-0.4, -0.2) is 50.2 Å². The number of fused-ring (bicyclic) bond motifs is 1. The summed E-state index contributed by atoms with van der Waals surface area (Å²) in [7, 11) is 0. The van der Waals surface area contributed by atoms with Crippen molar-refractivity contribution in [1.82, 2.24) is 24.5 Å². The van der Waals surface area contributed by atoms with E-state index < -0.39 is 0 Å².